The zero-order valence-corrected chi connectivity index (χ0v) is 14.8. The number of Topliss-reactive ketones (excluding diaryl/α,β-unsaturated/α-hetero) is 3. The summed E-state index contributed by atoms with van der Waals surface area (Å²) in [5.41, 5.74) is 0. The van der Waals surface area contributed by atoms with Gasteiger partial charge in [-0.05, 0) is 6.92 Å². The molecule has 1 unspecified atom stereocenters. The van der Waals surface area contributed by atoms with Crippen molar-refractivity contribution >= 4 is 87.0 Å². The lowest BCUT2D eigenvalue weighted by molar-refractivity contribution is -0.136. The van der Waals surface area contributed by atoms with E-state index in [9.17, 15) is 14.4 Å². The average molecular weight is 411 g/mol. The van der Waals surface area contributed by atoms with Gasteiger partial charge in [0.1, 0.15) is 21.4 Å². The molecule has 0 aromatic rings. The van der Waals surface area contributed by atoms with Gasteiger partial charge in [0.25, 0.3) is 0 Å². The van der Waals surface area contributed by atoms with Crippen LogP contribution in [0.1, 0.15) is 6.92 Å². The zero-order valence-electron chi connectivity index (χ0n) is 10.2. The van der Waals surface area contributed by atoms with Crippen molar-refractivity contribution in [3.8, 4) is 0 Å². The number of carbonyl (C=O) groups excluding carboxylic acids is 3. The third-order valence-electron chi connectivity index (χ3n) is 4.52. The Morgan fingerprint density at radius 1 is 0.905 bits per heavy atom. The molecule has 3 rings (SSSR count). The Labute approximate surface area is 149 Å². The largest absolute Gasteiger partial charge is 0.299 e. The summed E-state index contributed by atoms with van der Waals surface area (Å²) in [6.07, 6.45) is 0. The first-order valence-electron chi connectivity index (χ1n) is 5.85. The number of rotatable bonds is 1. The van der Waals surface area contributed by atoms with Crippen LogP contribution in [0, 0.1) is 17.8 Å². The van der Waals surface area contributed by atoms with Gasteiger partial charge in [-0.15, -0.1) is 23.2 Å². The lowest BCUT2D eigenvalue weighted by Gasteiger charge is -2.33. The molecule has 0 radical (unpaired) electrons. The molecular weight excluding hydrogens is 405 g/mol. The maximum atomic E-state index is 12.5. The van der Waals surface area contributed by atoms with Gasteiger partial charge in [0.15, 0.2) is 15.9 Å². The molecule has 114 valence electrons. The van der Waals surface area contributed by atoms with E-state index < -0.39 is 49.2 Å². The summed E-state index contributed by atoms with van der Waals surface area (Å²) in [5, 5.41) is -0.310. The average Bonchev–Trinajstić information content (AvgIpc) is 2.75. The Kier molecular flexibility index (Phi) is 3.36. The molecule has 2 fully saturated rings. The van der Waals surface area contributed by atoms with E-state index in [1.165, 1.54) is 0 Å². The zero-order chi connectivity index (χ0) is 16.1. The van der Waals surface area contributed by atoms with Gasteiger partial charge in [-0.2, -0.15) is 0 Å². The monoisotopic (exact) mass is 408 g/mol. The Bertz CT molecular complexity index is 609. The van der Waals surface area contributed by atoms with Crippen LogP contribution in [0.2, 0.25) is 0 Å². The first-order chi connectivity index (χ1) is 9.45. The fourth-order valence-electron chi connectivity index (χ4n) is 3.60. The summed E-state index contributed by atoms with van der Waals surface area (Å²) >= 11 is 37.6. The van der Waals surface area contributed by atoms with Crippen LogP contribution >= 0.6 is 69.6 Å². The van der Waals surface area contributed by atoms with Crippen LogP contribution in [0.3, 0.4) is 0 Å². The maximum absolute atomic E-state index is 12.5. The van der Waals surface area contributed by atoms with Crippen molar-refractivity contribution in [2.75, 3.05) is 0 Å². The summed E-state index contributed by atoms with van der Waals surface area (Å²) < 4.78 is -1.94. The molecule has 2 bridgehead atoms. The molecular formula is C12H6Cl6O3. The fourth-order valence-corrected chi connectivity index (χ4v) is 6.56. The molecule has 0 saturated heterocycles. The Morgan fingerprint density at radius 2 is 1.24 bits per heavy atom. The van der Waals surface area contributed by atoms with Crippen molar-refractivity contribution in [3.05, 3.63) is 10.1 Å². The van der Waals surface area contributed by atoms with E-state index in [2.05, 4.69) is 0 Å². The molecule has 0 aromatic heterocycles. The first kappa shape index (κ1) is 16.4. The van der Waals surface area contributed by atoms with Crippen LogP contribution in [0.4, 0.5) is 0 Å². The standard InChI is InChI=1S/C12H6Cl6O3/c1-2(19)3-6(20)4-5(7(3)21)11(16)9(14)8(13)10(4,15)12(11,17)18/h3-5H,1H3/t3?,4-,5+,10-,11-/m1/s1. The van der Waals surface area contributed by atoms with Crippen LogP contribution in [0.25, 0.3) is 0 Å². The highest BCUT2D eigenvalue weighted by atomic mass is 35.5. The number of fused-ring (bicyclic) bond motifs is 5. The number of halogens is 6. The lowest BCUT2D eigenvalue weighted by Crippen LogP contribution is -2.48. The summed E-state index contributed by atoms with van der Waals surface area (Å²) in [4.78, 5) is 32.9. The molecule has 5 atom stereocenters. The van der Waals surface area contributed by atoms with Gasteiger partial charge in [0.2, 0.25) is 0 Å². The second kappa shape index (κ2) is 4.31. The van der Waals surface area contributed by atoms with Crippen molar-refractivity contribution in [2.24, 2.45) is 17.8 Å². The number of ketones is 3. The Morgan fingerprint density at radius 3 is 1.52 bits per heavy atom. The van der Waals surface area contributed by atoms with Gasteiger partial charge >= 0.3 is 0 Å². The van der Waals surface area contributed by atoms with E-state index in [1.54, 1.807) is 0 Å². The van der Waals surface area contributed by atoms with Crippen LogP contribution in [-0.4, -0.2) is 31.4 Å². The SMILES string of the molecule is CC(=O)C1C(=O)[C@@H]2[C@H](C1=O)[C@@]1(Cl)C(Cl)=C(Cl)[C@@]2(Cl)C1(Cl)Cl. The fraction of sp³-hybridized carbons (Fsp3) is 0.583. The molecule has 3 aliphatic rings. The van der Waals surface area contributed by atoms with Crippen LogP contribution in [-0.2, 0) is 14.4 Å². The highest BCUT2D eigenvalue weighted by Gasteiger charge is 2.87. The van der Waals surface area contributed by atoms with Gasteiger partial charge in [-0.25, -0.2) is 0 Å². The van der Waals surface area contributed by atoms with Crippen molar-refractivity contribution in [1.29, 1.82) is 0 Å². The molecule has 21 heavy (non-hydrogen) atoms. The second-order valence-corrected chi connectivity index (χ2v) is 8.71. The summed E-state index contributed by atoms with van der Waals surface area (Å²) in [6, 6.07) is 0. The molecule has 0 heterocycles. The van der Waals surface area contributed by atoms with Crippen molar-refractivity contribution in [2.45, 2.75) is 21.0 Å². The number of allylic oxidation sites excluding steroid dienone is 2. The normalized spacial score (nSPS) is 47.3. The van der Waals surface area contributed by atoms with Crippen molar-refractivity contribution in [3.63, 3.8) is 0 Å². The van der Waals surface area contributed by atoms with E-state index in [-0.39, 0.29) is 10.1 Å². The Balaban J connectivity index is 2.31. The van der Waals surface area contributed by atoms with Gasteiger partial charge < -0.3 is 0 Å². The molecule has 3 aliphatic carbocycles. The van der Waals surface area contributed by atoms with E-state index in [1.807, 2.05) is 0 Å². The van der Waals surface area contributed by atoms with Gasteiger partial charge in [-0.3, -0.25) is 14.4 Å². The molecule has 0 aromatic carbocycles. The van der Waals surface area contributed by atoms with Crippen LogP contribution < -0.4 is 0 Å². The number of carbonyl (C=O) groups is 3. The molecule has 3 nitrogen and oxygen atoms in total. The smallest absolute Gasteiger partial charge is 0.167 e. The molecule has 0 spiro atoms. The maximum Gasteiger partial charge on any atom is 0.167 e. The number of hydrogen-bond donors (Lipinski definition) is 0. The molecule has 0 aliphatic heterocycles. The predicted molar refractivity (Wildman–Crippen MR) is 81.5 cm³/mol. The number of alkyl halides is 4. The minimum Gasteiger partial charge on any atom is -0.299 e. The second-order valence-electron chi connectivity index (χ2n) is 5.43. The van der Waals surface area contributed by atoms with Gasteiger partial charge in [-0.1, -0.05) is 46.4 Å². The highest BCUT2D eigenvalue weighted by molar-refractivity contribution is 6.67. The summed E-state index contributed by atoms with van der Waals surface area (Å²) in [5.74, 6) is -5.69. The summed E-state index contributed by atoms with van der Waals surface area (Å²) in [7, 11) is 0. The molecule has 9 heteroatoms. The van der Waals surface area contributed by atoms with E-state index >= 15 is 0 Å². The van der Waals surface area contributed by atoms with Crippen LogP contribution in [0.15, 0.2) is 10.1 Å². The lowest BCUT2D eigenvalue weighted by atomic mass is 9.84. The first-order valence-corrected chi connectivity index (χ1v) is 8.12. The van der Waals surface area contributed by atoms with E-state index in [4.69, 9.17) is 69.6 Å². The van der Waals surface area contributed by atoms with Gasteiger partial charge in [0, 0.05) is 0 Å². The topological polar surface area (TPSA) is 51.2 Å². The molecule has 2 saturated carbocycles. The van der Waals surface area contributed by atoms with E-state index in [0.717, 1.165) is 6.92 Å². The molecule has 0 amide bonds. The van der Waals surface area contributed by atoms with Gasteiger partial charge in [0.05, 0.1) is 21.9 Å². The summed E-state index contributed by atoms with van der Waals surface area (Å²) in [6.45, 7) is 1.15. The third-order valence-corrected chi connectivity index (χ3v) is 8.78. The minimum absolute atomic E-state index is 0.155. The Hall–Kier alpha value is 0.490. The third kappa shape index (κ3) is 1.41. The minimum atomic E-state index is -1.94. The molecule has 0 N–H and O–H groups in total. The highest BCUT2D eigenvalue weighted by Crippen LogP contribution is 2.78. The predicted octanol–water partition coefficient (Wildman–Crippen LogP) is 3.42. The van der Waals surface area contributed by atoms with Crippen molar-refractivity contribution in [1.82, 2.24) is 0 Å². The van der Waals surface area contributed by atoms with Crippen molar-refractivity contribution < 1.29 is 14.4 Å². The van der Waals surface area contributed by atoms with Crippen LogP contribution in [0.5, 0.6) is 0 Å². The van der Waals surface area contributed by atoms with E-state index in [0.29, 0.717) is 0 Å². The number of hydrogen-bond acceptors (Lipinski definition) is 3. The quantitative estimate of drug-likeness (QED) is 0.491.